The third kappa shape index (κ3) is 1.98. The van der Waals surface area contributed by atoms with E-state index in [0.717, 1.165) is 0 Å². The van der Waals surface area contributed by atoms with Gasteiger partial charge in [-0.05, 0) is 17.7 Å². The monoisotopic (exact) mass is 166 g/mol. The zero-order chi connectivity index (χ0) is 8.27. The van der Waals surface area contributed by atoms with E-state index in [0.29, 0.717) is 10.6 Å². The first-order valence-corrected chi connectivity index (χ1v) is 3.51. The minimum Gasteiger partial charge on any atom is -0.376 e. The number of rotatable bonds is 1. The van der Waals surface area contributed by atoms with Crippen molar-refractivity contribution in [2.75, 3.05) is 0 Å². The molecule has 0 bridgehead atoms. The Bertz CT molecular complexity index is 288. The van der Waals surface area contributed by atoms with E-state index in [2.05, 4.69) is 5.92 Å². The molecule has 1 aromatic carbocycles. The summed E-state index contributed by atoms with van der Waals surface area (Å²) in [5.41, 5.74) is 0.653. The van der Waals surface area contributed by atoms with Crippen molar-refractivity contribution >= 4 is 11.6 Å². The van der Waals surface area contributed by atoms with E-state index in [1.165, 1.54) is 0 Å². The lowest BCUT2D eigenvalue weighted by Crippen LogP contribution is -1.91. The lowest BCUT2D eigenvalue weighted by molar-refractivity contribution is 0.238. The number of aliphatic hydroxyl groups is 1. The van der Waals surface area contributed by atoms with Crippen LogP contribution in [0.2, 0.25) is 5.02 Å². The van der Waals surface area contributed by atoms with Gasteiger partial charge in [0.15, 0.2) is 0 Å². The van der Waals surface area contributed by atoms with Crippen molar-refractivity contribution in [3.63, 3.8) is 0 Å². The van der Waals surface area contributed by atoms with E-state index in [4.69, 9.17) is 23.1 Å². The molecular weight excluding hydrogens is 160 g/mol. The van der Waals surface area contributed by atoms with Gasteiger partial charge in [0.2, 0.25) is 0 Å². The smallest absolute Gasteiger partial charge is 0.140 e. The van der Waals surface area contributed by atoms with Gasteiger partial charge in [-0.2, -0.15) is 0 Å². The van der Waals surface area contributed by atoms with Crippen LogP contribution in [0.5, 0.6) is 0 Å². The van der Waals surface area contributed by atoms with Gasteiger partial charge in [-0.25, -0.2) is 0 Å². The van der Waals surface area contributed by atoms with Crippen LogP contribution in [0, 0.1) is 12.3 Å². The van der Waals surface area contributed by atoms with Crippen LogP contribution in [0.25, 0.3) is 0 Å². The maximum Gasteiger partial charge on any atom is 0.140 e. The van der Waals surface area contributed by atoms with Gasteiger partial charge in [-0.3, -0.25) is 0 Å². The molecule has 0 heterocycles. The fourth-order valence-electron chi connectivity index (χ4n) is 0.773. The van der Waals surface area contributed by atoms with Gasteiger partial charge in [-0.1, -0.05) is 29.7 Å². The van der Waals surface area contributed by atoms with Crippen molar-refractivity contribution in [1.82, 2.24) is 0 Å². The van der Waals surface area contributed by atoms with Crippen LogP contribution in [-0.2, 0) is 0 Å². The van der Waals surface area contributed by atoms with Crippen molar-refractivity contribution in [1.29, 1.82) is 0 Å². The molecule has 0 aromatic heterocycles. The molecule has 0 saturated carbocycles. The highest BCUT2D eigenvalue weighted by Crippen LogP contribution is 2.16. The first-order valence-electron chi connectivity index (χ1n) is 3.13. The molecule has 1 aromatic rings. The van der Waals surface area contributed by atoms with Gasteiger partial charge in [0.1, 0.15) is 6.10 Å². The summed E-state index contributed by atoms with van der Waals surface area (Å²) < 4.78 is 0. The van der Waals surface area contributed by atoms with E-state index >= 15 is 0 Å². The van der Waals surface area contributed by atoms with Crippen LogP contribution >= 0.6 is 11.6 Å². The molecule has 0 aliphatic carbocycles. The first kappa shape index (κ1) is 8.13. The largest absolute Gasteiger partial charge is 0.376 e. The van der Waals surface area contributed by atoms with Crippen LogP contribution in [0.3, 0.4) is 0 Å². The van der Waals surface area contributed by atoms with Gasteiger partial charge < -0.3 is 5.11 Å². The van der Waals surface area contributed by atoms with Crippen molar-refractivity contribution in [3.8, 4) is 12.3 Å². The number of halogens is 1. The zero-order valence-corrected chi connectivity index (χ0v) is 6.55. The summed E-state index contributed by atoms with van der Waals surface area (Å²) >= 11 is 5.67. The average Bonchev–Trinajstić information content (AvgIpc) is 2.03. The second kappa shape index (κ2) is 3.43. The van der Waals surface area contributed by atoms with E-state index in [-0.39, 0.29) is 0 Å². The van der Waals surface area contributed by atoms with Crippen LogP contribution in [0.4, 0.5) is 0 Å². The summed E-state index contributed by atoms with van der Waals surface area (Å²) in [4.78, 5) is 0. The predicted octanol–water partition coefficient (Wildman–Crippen LogP) is 2.01. The highest BCUT2D eigenvalue weighted by Gasteiger charge is 2.01. The highest BCUT2D eigenvalue weighted by molar-refractivity contribution is 6.30. The van der Waals surface area contributed by atoms with Crippen molar-refractivity contribution in [3.05, 3.63) is 34.9 Å². The molecule has 56 valence electrons. The average molecular weight is 167 g/mol. The molecule has 0 aliphatic heterocycles. The third-order valence-electron chi connectivity index (χ3n) is 1.32. The van der Waals surface area contributed by atoms with Gasteiger partial charge in [-0.15, -0.1) is 6.42 Å². The number of terminal acetylenes is 1. The summed E-state index contributed by atoms with van der Waals surface area (Å²) in [6.45, 7) is 0. The normalized spacial score (nSPS) is 12.1. The Morgan fingerprint density at radius 3 is 2.82 bits per heavy atom. The molecule has 2 heteroatoms. The second-order valence-corrected chi connectivity index (χ2v) is 2.56. The van der Waals surface area contributed by atoms with E-state index in [1.54, 1.807) is 24.3 Å². The molecular formula is C9H7ClO. The van der Waals surface area contributed by atoms with Crippen LogP contribution in [0.15, 0.2) is 24.3 Å². The van der Waals surface area contributed by atoms with E-state index in [1.807, 2.05) is 0 Å². The molecule has 0 unspecified atom stereocenters. The van der Waals surface area contributed by atoms with Crippen molar-refractivity contribution < 1.29 is 5.11 Å². The molecule has 0 amide bonds. The summed E-state index contributed by atoms with van der Waals surface area (Å²) in [7, 11) is 0. The van der Waals surface area contributed by atoms with Crippen LogP contribution in [-0.4, -0.2) is 5.11 Å². The van der Waals surface area contributed by atoms with Crippen LogP contribution in [0.1, 0.15) is 11.7 Å². The molecule has 1 atom stereocenters. The second-order valence-electron chi connectivity index (χ2n) is 2.12. The number of benzene rings is 1. The summed E-state index contributed by atoms with van der Waals surface area (Å²) in [5.74, 6) is 2.21. The molecule has 1 N–H and O–H groups in total. The van der Waals surface area contributed by atoms with E-state index in [9.17, 15) is 0 Å². The Morgan fingerprint density at radius 1 is 1.55 bits per heavy atom. The first-order chi connectivity index (χ1) is 5.24. The Balaban J connectivity index is 2.98. The highest BCUT2D eigenvalue weighted by atomic mass is 35.5. The Morgan fingerprint density at radius 2 is 2.27 bits per heavy atom. The van der Waals surface area contributed by atoms with Gasteiger partial charge in [0.25, 0.3) is 0 Å². The van der Waals surface area contributed by atoms with E-state index < -0.39 is 6.10 Å². The summed E-state index contributed by atoms with van der Waals surface area (Å²) in [6, 6.07) is 6.86. The van der Waals surface area contributed by atoms with Crippen molar-refractivity contribution in [2.24, 2.45) is 0 Å². The summed E-state index contributed by atoms with van der Waals surface area (Å²) in [6.07, 6.45) is 4.16. The maximum absolute atomic E-state index is 9.16. The lowest BCUT2D eigenvalue weighted by Gasteiger charge is -2.02. The topological polar surface area (TPSA) is 20.2 Å². The minimum absolute atomic E-state index is 0.580. The van der Waals surface area contributed by atoms with Crippen molar-refractivity contribution in [2.45, 2.75) is 6.10 Å². The standard InChI is InChI=1S/C9H7ClO/c1-2-9(11)7-4-3-5-8(10)6-7/h1,3-6,9,11H/t9-/m1/s1. The van der Waals surface area contributed by atoms with Gasteiger partial charge >= 0.3 is 0 Å². The molecule has 0 aliphatic rings. The predicted molar refractivity (Wildman–Crippen MR) is 45.2 cm³/mol. The molecule has 0 spiro atoms. The Labute approximate surface area is 70.6 Å². The maximum atomic E-state index is 9.16. The van der Waals surface area contributed by atoms with Gasteiger partial charge in [0, 0.05) is 5.02 Å². The number of aliphatic hydroxyl groups excluding tert-OH is 1. The summed E-state index contributed by atoms with van der Waals surface area (Å²) in [5, 5.41) is 9.74. The number of hydrogen-bond acceptors (Lipinski definition) is 1. The third-order valence-corrected chi connectivity index (χ3v) is 1.56. The van der Waals surface area contributed by atoms with Gasteiger partial charge in [0.05, 0.1) is 0 Å². The lowest BCUT2D eigenvalue weighted by atomic mass is 10.1. The molecule has 1 rings (SSSR count). The minimum atomic E-state index is -0.853. The molecule has 0 radical (unpaired) electrons. The number of hydrogen-bond donors (Lipinski definition) is 1. The quantitative estimate of drug-likeness (QED) is 0.633. The molecule has 0 saturated heterocycles. The van der Waals surface area contributed by atoms with Crippen LogP contribution < -0.4 is 0 Å². The zero-order valence-electron chi connectivity index (χ0n) is 5.79. The molecule has 1 nitrogen and oxygen atoms in total. The molecule has 0 fully saturated rings. The Hall–Kier alpha value is -0.970. The molecule has 11 heavy (non-hydrogen) atoms. The fraction of sp³-hybridized carbons (Fsp3) is 0.111. The SMILES string of the molecule is C#C[C@@H](O)c1cccc(Cl)c1. The Kier molecular flexibility index (Phi) is 2.53. The fourth-order valence-corrected chi connectivity index (χ4v) is 0.972.